The molecule has 1 N–H and O–H groups in total. The number of amides is 1. The molecule has 0 aliphatic heterocycles. The summed E-state index contributed by atoms with van der Waals surface area (Å²) < 4.78 is 27.5. The first-order valence-corrected chi connectivity index (χ1v) is 9.36. The Morgan fingerprint density at radius 2 is 2.04 bits per heavy atom. The van der Waals surface area contributed by atoms with Crippen LogP contribution < -0.4 is 5.32 Å². The van der Waals surface area contributed by atoms with E-state index >= 15 is 0 Å². The lowest BCUT2D eigenvalue weighted by Crippen LogP contribution is -2.24. The van der Waals surface area contributed by atoms with Gasteiger partial charge in [-0.1, -0.05) is 6.92 Å². The van der Waals surface area contributed by atoms with Gasteiger partial charge in [-0.15, -0.1) is 0 Å². The highest BCUT2D eigenvalue weighted by molar-refractivity contribution is 7.89. The minimum Gasteiger partial charge on any atom is -0.356 e. The van der Waals surface area contributed by atoms with Crippen molar-refractivity contribution in [3.8, 4) is 0 Å². The summed E-state index contributed by atoms with van der Waals surface area (Å²) in [5, 5.41) is 2.84. The zero-order chi connectivity index (χ0) is 17.9. The topological polar surface area (TPSA) is 84.3 Å². The van der Waals surface area contributed by atoms with Crippen molar-refractivity contribution < 1.29 is 13.2 Å². The molecule has 0 spiro atoms. The third-order valence-corrected chi connectivity index (χ3v) is 5.68. The van der Waals surface area contributed by atoms with Gasteiger partial charge in [0.25, 0.3) is 0 Å². The SMILES string of the molecule is CCCNC(=O)CCc1nc2cc(S(=O)(=O)N(C)C)ccc2n1C. The Labute approximate surface area is 142 Å². The highest BCUT2D eigenvalue weighted by atomic mass is 32.2. The Bertz CT molecular complexity index is 840. The maximum atomic E-state index is 12.2. The van der Waals surface area contributed by atoms with Crippen LogP contribution in [0.2, 0.25) is 0 Å². The van der Waals surface area contributed by atoms with E-state index in [1.807, 2.05) is 18.5 Å². The first-order chi connectivity index (χ1) is 11.3. The number of carbonyl (C=O) groups is 1. The van der Waals surface area contributed by atoms with Crippen molar-refractivity contribution in [3.05, 3.63) is 24.0 Å². The zero-order valence-corrected chi connectivity index (χ0v) is 15.4. The van der Waals surface area contributed by atoms with E-state index in [9.17, 15) is 13.2 Å². The predicted octanol–water partition coefficient (Wildman–Crippen LogP) is 1.28. The number of rotatable bonds is 7. The summed E-state index contributed by atoms with van der Waals surface area (Å²) in [6, 6.07) is 4.90. The number of aryl methyl sites for hydroxylation is 2. The molecule has 0 bridgehead atoms. The number of hydrogen-bond acceptors (Lipinski definition) is 4. The van der Waals surface area contributed by atoms with E-state index in [0.29, 0.717) is 24.9 Å². The second kappa shape index (κ2) is 7.31. The van der Waals surface area contributed by atoms with E-state index in [1.165, 1.54) is 18.4 Å². The Morgan fingerprint density at radius 3 is 2.67 bits per heavy atom. The van der Waals surface area contributed by atoms with E-state index in [1.54, 1.807) is 18.2 Å². The van der Waals surface area contributed by atoms with E-state index in [4.69, 9.17) is 0 Å². The molecule has 1 aromatic carbocycles. The summed E-state index contributed by atoms with van der Waals surface area (Å²) in [6.45, 7) is 2.68. The molecule has 8 heteroatoms. The first kappa shape index (κ1) is 18.4. The van der Waals surface area contributed by atoms with Gasteiger partial charge in [-0.25, -0.2) is 17.7 Å². The van der Waals surface area contributed by atoms with Crippen LogP contribution in [0.25, 0.3) is 11.0 Å². The van der Waals surface area contributed by atoms with Crippen LogP contribution >= 0.6 is 0 Å². The van der Waals surface area contributed by atoms with Crippen molar-refractivity contribution in [1.82, 2.24) is 19.2 Å². The third kappa shape index (κ3) is 3.76. The Kier molecular flexibility index (Phi) is 5.61. The van der Waals surface area contributed by atoms with E-state index < -0.39 is 10.0 Å². The smallest absolute Gasteiger partial charge is 0.242 e. The minimum absolute atomic E-state index is 0.000203. The van der Waals surface area contributed by atoms with Gasteiger partial charge < -0.3 is 9.88 Å². The summed E-state index contributed by atoms with van der Waals surface area (Å²) in [5.41, 5.74) is 1.46. The number of fused-ring (bicyclic) bond motifs is 1. The van der Waals surface area contributed by atoms with Gasteiger partial charge >= 0.3 is 0 Å². The van der Waals surface area contributed by atoms with Crippen molar-refractivity contribution >= 4 is 27.0 Å². The summed E-state index contributed by atoms with van der Waals surface area (Å²) in [6.07, 6.45) is 1.78. The number of imidazole rings is 1. The van der Waals surface area contributed by atoms with Crippen LogP contribution in [-0.4, -0.2) is 48.8 Å². The van der Waals surface area contributed by atoms with Crippen molar-refractivity contribution in [2.75, 3.05) is 20.6 Å². The monoisotopic (exact) mass is 352 g/mol. The van der Waals surface area contributed by atoms with Crippen LogP contribution in [0.5, 0.6) is 0 Å². The van der Waals surface area contributed by atoms with Gasteiger partial charge in [0.1, 0.15) is 5.82 Å². The fourth-order valence-electron chi connectivity index (χ4n) is 2.40. The van der Waals surface area contributed by atoms with Gasteiger partial charge in [-0.3, -0.25) is 4.79 Å². The summed E-state index contributed by atoms with van der Waals surface area (Å²) >= 11 is 0. The van der Waals surface area contributed by atoms with Gasteiger partial charge in [0, 0.05) is 40.5 Å². The quantitative estimate of drug-likeness (QED) is 0.814. The average molecular weight is 352 g/mol. The number of hydrogen-bond donors (Lipinski definition) is 1. The maximum absolute atomic E-state index is 12.2. The highest BCUT2D eigenvalue weighted by Gasteiger charge is 2.19. The van der Waals surface area contributed by atoms with Gasteiger partial charge in [0.2, 0.25) is 15.9 Å². The Hall–Kier alpha value is -1.93. The van der Waals surface area contributed by atoms with Gasteiger partial charge in [0.05, 0.1) is 15.9 Å². The first-order valence-electron chi connectivity index (χ1n) is 7.92. The lowest BCUT2D eigenvalue weighted by Gasteiger charge is -2.10. The number of benzene rings is 1. The Morgan fingerprint density at radius 1 is 1.33 bits per heavy atom. The van der Waals surface area contributed by atoms with Gasteiger partial charge in [-0.05, 0) is 24.6 Å². The molecule has 2 rings (SSSR count). The maximum Gasteiger partial charge on any atom is 0.242 e. The zero-order valence-electron chi connectivity index (χ0n) is 14.5. The molecule has 24 heavy (non-hydrogen) atoms. The molecule has 7 nitrogen and oxygen atoms in total. The van der Waals surface area contributed by atoms with Crippen LogP contribution in [0.4, 0.5) is 0 Å². The van der Waals surface area contributed by atoms with Crippen molar-refractivity contribution in [1.29, 1.82) is 0 Å². The van der Waals surface area contributed by atoms with Crippen molar-refractivity contribution in [2.24, 2.45) is 7.05 Å². The molecule has 0 unspecified atom stereocenters. The highest BCUT2D eigenvalue weighted by Crippen LogP contribution is 2.21. The number of nitrogens with one attached hydrogen (secondary N) is 1. The molecule has 0 radical (unpaired) electrons. The molecule has 0 saturated heterocycles. The number of aromatic nitrogens is 2. The van der Waals surface area contributed by atoms with E-state index in [2.05, 4.69) is 10.3 Å². The molecule has 0 atom stereocenters. The standard InChI is InChI=1S/C16H24N4O3S/c1-5-10-17-16(21)9-8-15-18-13-11-12(24(22,23)19(2)3)6-7-14(13)20(15)4/h6-7,11H,5,8-10H2,1-4H3,(H,17,21). The molecule has 0 fully saturated rings. The molecular weight excluding hydrogens is 328 g/mol. The van der Waals surface area contributed by atoms with Crippen LogP contribution in [0, 0.1) is 0 Å². The molecule has 2 aromatic rings. The number of sulfonamides is 1. The normalized spacial score (nSPS) is 12.0. The lowest BCUT2D eigenvalue weighted by atomic mass is 10.3. The van der Waals surface area contributed by atoms with E-state index in [0.717, 1.165) is 17.8 Å². The number of carbonyl (C=O) groups excluding carboxylic acids is 1. The minimum atomic E-state index is -3.49. The second-order valence-electron chi connectivity index (χ2n) is 5.87. The lowest BCUT2D eigenvalue weighted by molar-refractivity contribution is -0.121. The third-order valence-electron chi connectivity index (χ3n) is 3.87. The van der Waals surface area contributed by atoms with Crippen LogP contribution in [-0.2, 0) is 28.3 Å². The van der Waals surface area contributed by atoms with Crippen molar-refractivity contribution in [2.45, 2.75) is 31.1 Å². The van der Waals surface area contributed by atoms with Crippen LogP contribution in [0.15, 0.2) is 23.1 Å². The summed E-state index contributed by atoms with van der Waals surface area (Å²) in [5.74, 6) is 0.760. The fourth-order valence-corrected chi connectivity index (χ4v) is 3.32. The molecule has 1 aromatic heterocycles. The average Bonchev–Trinajstić information content (AvgIpc) is 2.86. The molecule has 0 aliphatic carbocycles. The predicted molar refractivity (Wildman–Crippen MR) is 93.2 cm³/mol. The number of nitrogens with zero attached hydrogens (tertiary/aromatic N) is 3. The molecule has 0 aliphatic rings. The summed E-state index contributed by atoms with van der Waals surface area (Å²) in [7, 11) is 1.38. The van der Waals surface area contributed by atoms with Gasteiger partial charge in [0.15, 0.2) is 0 Å². The molecule has 0 saturated carbocycles. The van der Waals surface area contributed by atoms with Crippen LogP contribution in [0.3, 0.4) is 0 Å². The van der Waals surface area contributed by atoms with Crippen LogP contribution in [0.1, 0.15) is 25.6 Å². The molecule has 132 valence electrons. The Balaban J connectivity index is 2.25. The molecule has 1 amide bonds. The summed E-state index contributed by atoms with van der Waals surface area (Å²) in [4.78, 5) is 16.4. The molecule has 1 heterocycles. The van der Waals surface area contributed by atoms with E-state index in [-0.39, 0.29) is 10.8 Å². The van der Waals surface area contributed by atoms with Crippen molar-refractivity contribution in [3.63, 3.8) is 0 Å². The van der Waals surface area contributed by atoms with Gasteiger partial charge in [-0.2, -0.15) is 0 Å². The second-order valence-corrected chi connectivity index (χ2v) is 8.03. The largest absolute Gasteiger partial charge is 0.356 e. The molecular formula is C16H24N4O3S. The fraction of sp³-hybridized carbons (Fsp3) is 0.500.